The quantitative estimate of drug-likeness (QED) is 0.804. The first-order valence-electron chi connectivity index (χ1n) is 7.99. The minimum atomic E-state index is 0.261. The highest BCUT2D eigenvalue weighted by Gasteiger charge is 2.49. The molecule has 110 valence electrons. The predicted octanol–water partition coefficient (Wildman–Crippen LogP) is 0.436. The Balaban J connectivity index is 1.74. The lowest BCUT2D eigenvalue weighted by Crippen LogP contribution is -2.71. The van der Waals surface area contributed by atoms with Crippen LogP contribution in [0.4, 0.5) is 0 Å². The molecule has 0 saturated carbocycles. The number of likely N-dealkylation sites (tertiary alicyclic amines) is 1. The van der Waals surface area contributed by atoms with Gasteiger partial charge in [-0.15, -0.1) is 0 Å². The zero-order valence-corrected chi connectivity index (χ0v) is 12.6. The molecule has 1 atom stereocenters. The molecule has 1 unspecified atom stereocenters. The summed E-state index contributed by atoms with van der Waals surface area (Å²) in [7, 11) is 4.59. The fraction of sp³-hybridized carbons (Fsp3) is 1.00. The summed E-state index contributed by atoms with van der Waals surface area (Å²) < 4.78 is 0. The summed E-state index contributed by atoms with van der Waals surface area (Å²) in [5, 5.41) is 0. The third-order valence-electron chi connectivity index (χ3n) is 6.14. The molecule has 4 rings (SSSR count). The van der Waals surface area contributed by atoms with Crippen LogP contribution in [0.1, 0.15) is 25.7 Å². The fourth-order valence-corrected chi connectivity index (χ4v) is 4.67. The molecule has 0 aromatic carbocycles. The van der Waals surface area contributed by atoms with Crippen LogP contribution in [-0.2, 0) is 0 Å². The Labute approximate surface area is 117 Å². The number of fused-ring (bicyclic) bond motifs is 3. The van der Waals surface area contributed by atoms with Crippen LogP contribution in [0.5, 0.6) is 0 Å². The van der Waals surface area contributed by atoms with Crippen molar-refractivity contribution in [2.45, 2.75) is 37.3 Å². The maximum absolute atomic E-state index is 6.28. The van der Waals surface area contributed by atoms with E-state index >= 15 is 0 Å². The lowest BCUT2D eigenvalue weighted by molar-refractivity contribution is -0.0806. The first-order chi connectivity index (χ1) is 9.15. The van der Waals surface area contributed by atoms with Crippen molar-refractivity contribution >= 4 is 0 Å². The van der Waals surface area contributed by atoms with Crippen LogP contribution < -0.4 is 5.73 Å². The zero-order chi connectivity index (χ0) is 13.5. The van der Waals surface area contributed by atoms with Crippen LogP contribution >= 0.6 is 0 Å². The minimum Gasteiger partial charge on any atom is -0.329 e. The van der Waals surface area contributed by atoms with Gasteiger partial charge in [0.15, 0.2) is 0 Å². The molecule has 4 heterocycles. The normalized spacial score (nSPS) is 41.1. The standard InChI is InChI=1S/C15H30N4/c1-17-7-5-14(6-8-17)18(2)15(11-16)12-19-9-3-13(15)4-10-19/h13-14H,3-12,16H2,1-2H3. The molecule has 0 spiro atoms. The Morgan fingerprint density at radius 3 is 2.21 bits per heavy atom. The van der Waals surface area contributed by atoms with Gasteiger partial charge in [-0.3, -0.25) is 4.90 Å². The van der Waals surface area contributed by atoms with Crippen molar-refractivity contribution in [3.8, 4) is 0 Å². The van der Waals surface area contributed by atoms with Crippen LogP contribution in [0.25, 0.3) is 0 Å². The molecule has 4 nitrogen and oxygen atoms in total. The van der Waals surface area contributed by atoms with Gasteiger partial charge in [0.1, 0.15) is 0 Å². The van der Waals surface area contributed by atoms with E-state index in [4.69, 9.17) is 5.73 Å². The van der Waals surface area contributed by atoms with Gasteiger partial charge in [0, 0.05) is 24.7 Å². The minimum absolute atomic E-state index is 0.261. The average molecular weight is 266 g/mol. The summed E-state index contributed by atoms with van der Waals surface area (Å²) in [4.78, 5) is 7.78. The molecule has 0 amide bonds. The molecule has 2 bridgehead atoms. The molecular formula is C15H30N4. The van der Waals surface area contributed by atoms with Gasteiger partial charge < -0.3 is 15.5 Å². The Bertz CT molecular complexity index is 305. The van der Waals surface area contributed by atoms with Crippen molar-refractivity contribution in [3.63, 3.8) is 0 Å². The molecule has 19 heavy (non-hydrogen) atoms. The highest BCUT2D eigenvalue weighted by molar-refractivity contribution is 5.07. The summed E-state index contributed by atoms with van der Waals surface area (Å²) >= 11 is 0. The summed E-state index contributed by atoms with van der Waals surface area (Å²) in [5.41, 5.74) is 6.54. The number of rotatable bonds is 3. The highest BCUT2D eigenvalue weighted by Crippen LogP contribution is 2.40. The van der Waals surface area contributed by atoms with Crippen LogP contribution in [0.15, 0.2) is 0 Å². The van der Waals surface area contributed by atoms with Crippen LogP contribution in [0, 0.1) is 5.92 Å². The van der Waals surface area contributed by atoms with Crippen LogP contribution in [0.3, 0.4) is 0 Å². The Kier molecular flexibility index (Phi) is 3.87. The molecule has 0 radical (unpaired) electrons. The maximum Gasteiger partial charge on any atom is 0.0487 e. The van der Waals surface area contributed by atoms with E-state index < -0.39 is 0 Å². The number of likely N-dealkylation sites (N-methyl/N-ethyl adjacent to an activating group) is 1. The van der Waals surface area contributed by atoms with E-state index in [1.54, 1.807) is 0 Å². The van der Waals surface area contributed by atoms with Gasteiger partial charge in [-0.1, -0.05) is 0 Å². The molecule has 2 N–H and O–H groups in total. The van der Waals surface area contributed by atoms with E-state index in [0.29, 0.717) is 0 Å². The first kappa shape index (κ1) is 13.8. The third kappa shape index (κ3) is 2.33. The van der Waals surface area contributed by atoms with Gasteiger partial charge in [0.05, 0.1) is 0 Å². The SMILES string of the molecule is CN1CCC(N(C)C2(CN)CN3CCC2CC3)CC1. The molecule has 4 aliphatic heterocycles. The van der Waals surface area contributed by atoms with Crippen LogP contribution in [-0.4, -0.2) is 79.6 Å². The topological polar surface area (TPSA) is 35.7 Å². The lowest BCUT2D eigenvalue weighted by Gasteiger charge is -2.59. The molecule has 0 aromatic heterocycles. The van der Waals surface area contributed by atoms with Gasteiger partial charge in [-0.2, -0.15) is 0 Å². The van der Waals surface area contributed by atoms with Gasteiger partial charge >= 0.3 is 0 Å². The first-order valence-corrected chi connectivity index (χ1v) is 7.99. The summed E-state index contributed by atoms with van der Waals surface area (Å²) in [6.45, 7) is 7.11. The van der Waals surface area contributed by atoms with Gasteiger partial charge in [0.2, 0.25) is 0 Å². The maximum atomic E-state index is 6.28. The smallest absolute Gasteiger partial charge is 0.0487 e. The van der Waals surface area contributed by atoms with E-state index in [1.165, 1.54) is 58.4 Å². The monoisotopic (exact) mass is 266 g/mol. The van der Waals surface area contributed by atoms with Gasteiger partial charge in [0.25, 0.3) is 0 Å². The van der Waals surface area contributed by atoms with E-state index in [2.05, 4.69) is 28.8 Å². The van der Waals surface area contributed by atoms with Crippen molar-refractivity contribution in [2.75, 3.05) is 53.4 Å². The molecular weight excluding hydrogens is 236 g/mol. The van der Waals surface area contributed by atoms with Crippen molar-refractivity contribution in [1.29, 1.82) is 0 Å². The lowest BCUT2D eigenvalue weighted by atomic mass is 9.71. The van der Waals surface area contributed by atoms with Crippen molar-refractivity contribution in [1.82, 2.24) is 14.7 Å². The molecule has 0 aliphatic carbocycles. The number of piperidine rings is 4. The fourth-order valence-electron chi connectivity index (χ4n) is 4.67. The molecule has 4 heteroatoms. The molecule has 4 saturated heterocycles. The second kappa shape index (κ2) is 5.32. The number of hydrogen-bond acceptors (Lipinski definition) is 4. The van der Waals surface area contributed by atoms with E-state index in [9.17, 15) is 0 Å². The van der Waals surface area contributed by atoms with Crippen LogP contribution in [0.2, 0.25) is 0 Å². The Hall–Kier alpha value is -0.160. The summed E-state index contributed by atoms with van der Waals surface area (Å²) in [6, 6.07) is 0.736. The number of nitrogens with zero attached hydrogens (tertiary/aromatic N) is 3. The summed E-state index contributed by atoms with van der Waals surface area (Å²) in [5.74, 6) is 0.826. The second-order valence-corrected chi connectivity index (χ2v) is 7.00. The largest absolute Gasteiger partial charge is 0.329 e. The molecule has 4 aliphatic rings. The van der Waals surface area contributed by atoms with Gasteiger partial charge in [-0.05, 0) is 71.9 Å². The van der Waals surface area contributed by atoms with Crippen molar-refractivity contribution in [3.05, 3.63) is 0 Å². The number of nitrogens with two attached hydrogens (primary N) is 1. The Morgan fingerprint density at radius 1 is 1.11 bits per heavy atom. The van der Waals surface area contributed by atoms with E-state index in [1.807, 2.05) is 0 Å². The second-order valence-electron chi connectivity index (χ2n) is 7.00. The number of hydrogen-bond donors (Lipinski definition) is 1. The summed E-state index contributed by atoms with van der Waals surface area (Å²) in [6.07, 6.45) is 5.32. The van der Waals surface area contributed by atoms with Gasteiger partial charge in [-0.25, -0.2) is 0 Å². The Morgan fingerprint density at radius 2 is 1.74 bits per heavy atom. The van der Waals surface area contributed by atoms with E-state index in [0.717, 1.165) is 18.5 Å². The predicted molar refractivity (Wildman–Crippen MR) is 79.2 cm³/mol. The molecule has 0 aromatic rings. The zero-order valence-electron chi connectivity index (χ0n) is 12.6. The third-order valence-corrected chi connectivity index (χ3v) is 6.14. The molecule has 4 fully saturated rings. The van der Waals surface area contributed by atoms with E-state index in [-0.39, 0.29) is 5.54 Å². The highest BCUT2D eigenvalue weighted by atomic mass is 15.3. The average Bonchev–Trinajstić information content (AvgIpc) is 2.48. The van der Waals surface area contributed by atoms with Crippen molar-refractivity contribution in [2.24, 2.45) is 11.7 Å². The van der Waals surface area contributed by atoms with Crippen molar-refractivity contribution < 1.29 is 0 Å².